The minimum absolute atomic E-state index is 0.311. The average molecular weight is 389 g/mol. The lowest BCUT2D eigenvalue weighted by Gasteiger charge is -2.13. The van der Waals surface area contributed by atoms with Crippen LogP contribution in [0.25, 0.3) is 0 Å². The van der Waals surface area contributed by atoms with E-state index in [1.807, 2.05) is 30.3 Å². The molecule has 0 spiro atoms. The molecule has 0 radical (unpaired) electrons. The van der Waals surface area contributed by atoms with Crippen LogP contribution in [0.4, 0.5) is 15.2 Å². The van der Waals surface area contributed by atoms with E-state index in [0.29, 0.717) is 21.8 Å². The number of nitrogens with one attached hydrogen (secondary N) is 1. The second-order valence-electron chi connectivity index (χ2n) is 5.17. The van der Waals surface area contributed by atoms with Crippen LogP contribution in [0.5, 0.6) is 0 Å². The smallest absolute Gasteiger partial charge is 0.324 e. The van der Waals surface area contributed by atoms with Gasteiger partial charge in [-0.1, -0.05) is 59.5 Å². The molecule has 0 saturated heterocycles. The number of thioether (sulfide) groups is 1. The van der Waals surface area contributed by atoms with Crippen molar-refractivity contribution in [2.75, 3.05) is 11.9 Å². The molecule has 2 aromatic carbocycles. The predicted molar refractivity (Wildman–Crippen MR) is 101 cm³/mol. The molecule has 1 aromatic heterocycles. The van der Waals surface area contributed by atoms with Gasteiger partial charge in [0.15, 0.2) is 4.34 Å². The van der Waals surface area contributed by atoms with E-state index in [1.165, 1.54) is 35.2 Å². The average Bonchev–Trinajstić information content (AvgIpc) is 3.07. The quantitative estimate of drug-likeness (QED) is 0.462. The summed E-state index contributed by atoms with van der Waals surface area (Å²) in [5.41, 5.74) is 1.42. The molecule has 0 saturated carbocycles. The van der Waals surface area contributed by atoms with Crippen molar-refractivity contribution in [2.24, 2.45) is 0 Å². The summed E-state index contributed by atoms with van der Waals surface area (Å²) >= 11 is 2.57. The van der Waals surface area contributed by atoms with Gasteiger partial charge in [0.1, 0.15) is 11.1 Å². The first kappa shape index (κ1) is 18.3. The van der Waals surface area contributed by atoms with Crippen molar-refractivity contribution in [2.45, 2.75) is 16.5 Å². The Labute approximate surface area is 158 Å². The lowest BCUT2D eigenvalue weighted by molar-refractivity contribution is -0.142. The van der Waals surface area contributed by atoms with Gasteiger partial charge in [-0.05, 0) is 30.7 Å². The fourth-order valence-electron chi connectivity index (χ4n) is 2.20. The molecule has 134 valence electrons. The van der Waals surface area contributed by atoms with Crippen LogP contribution < -0.4 is 5.32 Å². The Balaban J connectivity index is 1.75. The minimum Gasteiger partial charge on any atom is -0.465 e. The first-order valence-electron chi connectivity index (χ1n) is 7.90. The number of hydrogen-bond acceptors (Lipinski definition) is 7. The number of carbonyl (C=O) groups excluding carboxylic acids is 1. The Morgan fingerprint density at radius 1 is 1.23 bits per heavy atom. The molecule has 0 aliphatic heterocycles. The maximum Gasteiger partial charge on any atom is 0.324 e. The Morgan fingerprint density at radius 2 is 2.04 bits per heavy atom. The Kier molecular flexibility index (Phi) is 6.19. The summed E-state index contributed by atoms with van der Waals surface area (Å²) in [4.78, 5) is 12.3. The molecule has 1 N–H and O–H groups in total. The fraction of sp³-hybridized carbons (Fsp3) is 0.167. The van der Waals surface area contributed by atoms with Crippen molar-refractivity contribution in [3.63, 3.8) is 0 Å². The third-order valence-corrected chi connectivity index (χ3v) is 5.46. The van der Waals surface area contributed by atoms with Gasteiger partial charge in [0.25, 0.3) is 0 Å². The first-order valence-corrected chi connectivity index (χ1v) is 9.59. The monoisotopic (exact) mass is 389 g/mol. The zero-order chi connectivity index (χ0) is 18.4. The molecule has 0 unspecified atom stereocenters. The molecule has 26 heavy (non-hydrogen) atoms. The molecular weight excluding hydrogens is 373 g/mol. The summed E-state index contributed by atoms with van der Waals surface area (Å²) in [6, 6.07) is 15.5. The molecule has 0 aliphatic carbocycles. The number of anilines is 2. The largest absolute Gasteiger partial charge is 0.465 e. The predicted octanol–water partition coefficient (Wildman–Crippen LogP) is 4.82. The molecule has 0 bridgehead atoms. The molecular formula is C18H16FN3O2S2. The van der Waals surface area contributed by atoms with E-state index in [9.17, 15) is 9.18 Å². The van der Waals surface area contributed by atoms with Crippen LogP contribution >= 0.6 is 23.1 Å². The van der Waals surface area contributed by atoms with Gasteiger partial charge in [-0.25, -0.2) is 4.39 Å². The Hall–Kier alpha value is -2.45. The molecule has 1 heterocycles. The number of benzene rings is 2. The van der Waals surface area contributed by atoms with Crippen LogP contribution in [-0.2, 0) is 9.53 Å². The number of rotatable bonds is 7. The van der Waals surface area contributed by atoms with Crippen LogP contribution in [0.1, 0.15) is 17.7 Å². The summed E-state index contributed by atoms with van der Waals surface area (Å²) in [5, 5.41) is 11.2. The lowest BCUT2D eigenvalue weighted by atomic mass is 10.1. The zero-order valence-corrected chi connectivity index (χ0v) is 15.5. The highest BCUT2D eigenvalue weighted by atomic mass is 32.2. The van der Waals surface area contributed by atoms with Crippen molar-refractivity contribution in [1.82, 2.24) is 10.2 Å². The first-order chi connectivity index (χ1) is 12.7. The third-order valence-electron chi connectivity index (χ3n) is 3.30. The molecule has 5 nitrogen and oxygen atoms in total. The number of esters is 1. The van der Waals surface area contributed by atoms with Gasteiger partial charge in [0, 0.05) is 5.69 Å². The molecule has 3 aromatic rings. The van der Waals surface area contributed by atoms with E-state index in [4.69, 9.17) is 4.74 Å². The Morgan fingerprint density at radius 3 is 2.77 bits per heavy atom. The summed E-state index contributed by atoms with van der Waals surface area (Å²) < 4.78 is 19.1. The lowest BCUT2D eigenvalue weighted by Crippen LogP contribution is -2.13. The summed E-state index contributed by atoms with van der Waals surface area (Å²) in [5.74, 6) is -0.654. The van der Waals surface area contributed by atoms with E-state index in [0.717, 1.165) is 5.56 Å². The number of halogens is 1. The van der Waals surface area contributed by atoms with E-state index in [1.54, 1.807) is 19.1 Å². The van der Waals surface area contributed by atoms with Crippen molar-refractivity contribution in [1.29, 1.82) is 0 Å². The van der Waals surface area contributed by atoms with Crippen LogP contribution in [0.2, 0.25) is 0 Å². The van der Waals surface area contributed by atoms with Crippen LogP contribution in [-0.4, -0.2) is 22.8 Å². The second kappa shape index (κ2) is 8.77. The highest BCUT2D eigenvalue weighted by Gasteiger charge is 2.25. The van der Waals surface area contributed by atoms with E-state index >= 15 is 0 Å². The van der Waals surface area contributed by atoms with Crippen LogP contribution in [0, 0.1) is 5.82 Å². The van der Waals surface area contributed by atoms with Gasteiger partial charge < -0.3 is 10.1 Å². The van der Waals surface area contributed by atoms with Gasteiger partial charge in [0.2, 0.25) is 5.13 Å². The minimum atomic E-state index is -0.522. The molecule has 0 fully saturated rings. The van der Waals surface area contributed by atoms with Crippen LogP contribution in [0.15, 0.2) is 58.9 Å². The number of carbonyl (C=O) groups is 1. The van der Waals surface area contributed by atoms with Gasteiger partial charge in [-0.3, -0.25) is 4.79 Å². The SMILES string of the molecule is CCOC(=O)[C@H](Sc1nnc(Nc2cccc(F)c2)s1)c1ccccc1. The number of ether oxygens (including phenoxy) is 1. The van der Waals surface area contributed by atoms with E-state index < -0.39 is 5.25 Å². The van der Waals surface area contributed by atoms with Gasteiger partial charge in [-0.2, -0.15) is 0 Å². The third kappa shape index (κ3) is 4.80. The normalized spacial score (nSPS) is 11.8. The topological polar surface area (TPSA) is 64.1 Å². The second-order valence-corrected chi connectivity index (χ2v) is 7.50. The molecule has 8 heteroatoms. The van der Waals surface area contributed by atoms with Crippen molar-refractivity contribution < 1.29 is 13.9 Å². The molecule has 0 aliphatic rings. The molecule has 1 atom stereocenters. The molecule has 0 amide bonds. The number of hydrogen-bond donors (Lipinski definition) is 1. The van der Waals surface area contributed by atoms with Crippen molar-refractivity contribution in [3.8, 4) is 0 Å². The highest BCUT2D eigenvalue weighted by molar-refractivity contribution is 8.01. The van der Waals surface area contributed by atoms with Gasteiger partial charge in [0.05, 0.1) is 6.61 Å². The number of aromatic nitrogens is 2. The van der Waals surface area contributed by atoms with E-state index in [-0.39, 0.29) is 11.8 Å². The van der Waals surface area contributed by atoms with Crippen molar-refractivity contribution >= 4 is 39.9 Å². The summed E-state index contributed by atoms with van der Waals surface area (Å²) in [6.07, 6.45) is 0. The summed E-state index contributed by atoms with van der Waals surface area (Å²) in [7, 11) is 0. The van der Waals surface area contributed by atoms with E-state index in [2.05, 4.69) is 15.5 Å². The summed E-state index contributed by atoms with van der Waals surface area (Å²) in [6.45, 7) is 2.09. The highest BCUT2D eigenvalue weighted by Crippen LogP contribution is 2.39. The fourth-order valence-corrected chi connectivity index (χ4v) is 4.16. The Bertz CT molecular complexity index is 874. The van der Waals surface area contributed by atoms with Gasteiger partial charge in [-0.15, -0.1) is 10.2 Å². The molecule has 3 rings (SSSR count). The standard InChI is InChI=1S/C18H16FN3O2S2/c1-2-24-16(23)15(12-7-4-3-5-8-12)25-18-22-21-17(26-18)20-14-10-6-9-13(19)11-14/h3-11,15H,2H2,1H3,(H,20,21)/t15-/m1/s1. The maximum atomic E-state index is 13.3. The maximum absolute atomic E-state index is 13.3. The van der Waals surface area contributed by atoms with Gasteiger partial charge >= 0.3 is 5.97 Å². The number of nitrogens with zero attached hydrogens (tertiary/aromatic N) is 2. The van der Waals surface area contributed by atoms with Crippen LogP contribution in [0.3, 0.4) is 0 Å². The zero-order valence-electron chi connectivity index (χ0n) is 13.9. The van der Waals surface area contributed by atoms with Crippen molar-refractivity contribution in [3.05, 3.63) is 66.0 Å².